The summed E-state index contributed by atoms with van der Waals surface area (Å²) in [6.07, 6.45) is 0.855. The van der Waals surface area contributed by atoms with E-state index in [1.165, 1.54) is 5.56 Å². The Morgan fingerprint density at radius 2 is 1.87 bits per heavy atom. The maximum atomic E-state index is 4.30. The van der Waals surface area contributed by atoms with Gasteiger partial charge < -0.3 is 5.32 Å². The highest BCUT2D eigenvalue weighted by molar-refractivity contribution is 5.46. The highest BCUT2D eigenvalue weighted by Crippen LogP contribution is 2.28. The molecule has 0 aliphatic carbocycles. The van der Waals surface area contributed by atoms with Crippen molar-refractivity contribution in [2.45, 2.75) is 32.7 Å². The first-order valence-corrected chi connectivity index (χ1v) is 7.81. The molecule has 5 heteroatoms. The molecule has 0 saturated carbocycles. The lowest BCUT2D eigenvalue weighted by atomic mass is 9.97. The lowest BCUT2D eigenvalue weighted by Crippen LogP contribution is -2.34. The third-order valence-corrected chi connectivity index (χ3v) is 4.11. The van der Waals surface area contributed by atoms with Gasteiger partial charge in [0.05, 0.1) is 11.2 Å². The molecule has 0 aliphatic rings. The van der Waals surface area contributed by atoms with Gasteiger partial charge in [0.25, 0.3) is 0 Å². The van der Waals surface area contributed by atoms with Crippen molar-refractivity contribution < 1.29 is 0 Å². The van der Waals surface area contributed by atoms with Gasteiger partial charge in [0.15, 0.2) is 5.82 Å². The summed E-state index contributed by atoms with van der Waals surface area (Å²) < 4.78 is 1.81. The lowest BCUT2D eigenvalue weighted by Gasteiger charge is -2.29. The second kappa shape index (κ2) is 6.20. The van der Waals surface area contributed by atoms with Crippen LogP contribution >= 0.6 is 0 Å². The van der Waals surface area contributed by atoms with Crippen LogP contribution in [-0.4, -0.2) is 20.2 Å². The van der Waals surface area contributed by atoms with Gasteiger partial charge >= 0.3 is 0 Å². The van der Waals surface area contributed by atoms with E-state index in [-0.39, 0.29) is 5.54 Å². The first-order valence-electron chi connectivity index (χ1n) is 7.81. The number of anilines is 1. The topological polar surface area (TPSA) is 55.6 Å². The van der Waals surface area contributed by atoms with E-state index in [0.29, 0.717) is 0 Å². The van der Waals surface area contributed by atoms with Gasteiger partial charge in [-0.15, -0.1) is 5.10 Å². The molecule has 1 atom stereocenters. The molecule has 1 heterocycles. The number of aromatic nitrogens is 4. The third-order valence-electron chi connectivity index (χ3n) is 4.11. The summed E-state index contributed by atoms with van der Waals surface area (Å²) in [6, 6.07) is 18.3. The lowest BCUT2D eigenvalue weighted by molar-refractivity contribution is 0.474. The van der Waals surface area contributed by atoms with Crippen LogP contribution in [0.1, 0.15) is 31.7 Å². The molecular formula is C18H21N5. The van der Waals surface area contributed by atoms with E-state index in [4.69, 9.17) is 0 Å². The van der Waals surface area contributed by atoms with Crippen LogP contribution in [0.5, 0.6) is 0 Å². The van der Waals surface area contributed by atoms with Crippen molar-refractivity contribution >= 4 is 5.69 Å². The predicted octanol–water partition coefficient (Wildman–Crippen LogP) is 3.71. The number of para-hydroxylation sites is 1. The van der Waals surface area contributed by atoms with Crippen LogP contribution in [-0.2, 0) is 5.54 Å². The highest BCUT2D eigenvalue weighted by atomic mass is 15.6. The SMILES string of the molecule is CCC(C)(Nc1ccccc1)c1nnnn1-c1cccc(C)c1. The van der Waals surface area contributed by atoms with E-state index in [0.717, 1.165) is 23.6 Å². The van der Waals surface area contributed by atoms with E-state index in [1.54, 1.807) is 0 Å². The monoisotopic (exact) mass is 307 g/mol. The maximum absolute atomic E-state index is 4.30. The molecule has 1 N–H and O–H groups in total. The van der Waals surface area contributed by atoms with Gasteiger partial charge in [0.1, 0.15) is 0 Å². The minimum absolute atomic E-state index is 0.366. The summed E-state index contributed by atoms with van der Waals surface area (Å²) in [5.41, 5.74) is 2.84. The molecule has 3 rings (SSSR count). The zero-order valence-electron chi connectivity index (χ0n) is 13.7. The summed E-state index contributed by atoms with van der Waals surface area (Å²) in [5.74, 6) is 0.800. The van der Waals surface area contributed by atoms with Gasteiger partial charge in [-0.1, -0.05) is 37.3 Å². The van der Waals surface area contributed by atoms with Crippen molar-refractivity contribution in [1.82, 2.24) is 20.2 Å². The molecule has 0 saturated heterocycles. The van der Waals surface area contributed by atoms with E-state index in [1.807, 2.05) is 35.0 Å². The first-order chi connectivity index (χ1) is 11.1. The summed E-state index contributed by atoms with van der Waals surface area (Å²) in [5, 5.41) is 16.0. The van der Waals surface area contributed by atoms with Crippen molar-refractivity contribution in [1.29, 1.82) is 0 Å². The van der Waals surface area contributed by atoms with E-state index in [2.05, 4.69) is 65.9 Å². The fourth-order valence-electron chi connectivity index (χ4n) is 2.61. The standard InChI is InChI=1S/C18H21N5/c1-4-18(3,19-15-10-6-5-7-11-15)17-20-21-22-23(17)16-12-8-9-14(2)13-16/h5-13,19H,4H2,1-3H3. The average Bonchev–Trinajstić information content (AvgIpc) is 3.06. The Kier molecular flexibility index (Phi) is 4.10. The summed E-state index contributed by atoms with van der Waals surface area (Å²) >= 11 is 0. The summed E-state index contributed by atoms with van der Waals surface area (Å²) in [4.78, 5) is 0. The first kappa shape index (κ1) is 15.2. The normalized spacial score (nSPS) is 13.5. The number of nitrogens with zero attached hydrogens (tertiary/aromatic N) is 4. The second-order valence-electron chi connectivity index (χ2n) is 5.93. The molecule has 2 aromatic carbocycles. The number of hydrogen-bond acceptors (Lipinski definition) is 4. The third kappa shape index (κ3) is 3.08. The predicted molar refractivity (Wildman–Crippen MR) is 91.6 cm³/mol. The van der Waals surface area contributed by atoms with Crippen molar-refractivity contribution in [3.05, 3.63) is 66.0 Å². The molecule has 1 unspecified atom stereocenters. The zero-order valence-corrected chi connectivity index (χ0v) is 13.7. The van der Waals surface area contributed by atoms with Crippen LogP contribution in [0.2, 0.25) is 0 Å². The number of tetrazole rings is 1. The van der Waals surface area contributed by atoms with Crippen LogP contribution < -0.4 is 5.32 Å². The fraction of sp³-hybridized carbons (Fsp3) is 0.278. The van der Waals surface area contributed by atoms with Gasteiger partial charge in [0.2, 0.25) is 0 Å². The Balaban J connectivity index is 2.01. The highest BCUT2D eigenvalue weighted by Gasteiger charge is 2.31. The Hall–Kier alpha value is -2.69. The van der Waals surface area contributed by atoms with Crippen LogP contribution in [0.25, 0.3) is 5.69 Å². The maximum Gasteiger partial charge on any atom is 0.181 e. The second-order valence-corrected chi connectivity index (χ2v) is 5.93. The van der Waals surface area contributed by atoms with Crippen molar-refractivity contribution in [3.8, 4) is 5.69 Å². The average molecular weight is 307 g/mol. The van der Waals surface area contributed by atoms with Gasteiger partial charge in [-0.2, -0.15) is 4.68 Å². The molecular weight excluding hydrogens is 286 g/mol. The molecule has 1 aromatic heterocycles. The van der Waals surface area contributed by atoms with Gasteiger partial charge in [-0.25, -0.2) is 0 Å². The van der Waals surface area contributed by atoms with Crippen molar-refractivity contribution in [3.63, 3.8) is 0 Å². The van der Waals surface area contributed by atoms with Crippen LogP contribution in [0.15, 0.2) is 54.6 Å². The Morgan fingerprint density at radius 1 is 1.09 bits per heavy atom. The molecule has 0 fully saturated rings. The number of rotatable bonds is 5. The molecule has 0 aliphatic heterocycles. The van der Waals surface area contributed by atoms with Crippen LogP contribution in [0.3, 0.4) is 0 Å². The molecule has 118 valence electrons. The number of hydrogen-bond donors (Lipinski definition) is 1. The molecule has 0 radical (unpaired) electrons. The van der Waals surface area contributed by atoms with Gasteiger partial charge in [0, 0.05) is 5.69 Å². The summed E-state index contributed by atoms with van der Waals surface area (Å²) in [6.45, 7) is 6.32. The number of nitrogens with one attached hydrogen (secondary N) is 1. The molecule has 0 bridgehead atoms. The largest absolute Gasteiger partial charge is 0.373 e. The van der Waals surface area contributed by atoms with E-state index < -0.39 is 0 Å². The van der Waals surface area contributed by atoms with Crippen molar-refractivity contribution in [2.24, 2.45) is 0 Å². The molecule has 0 spiro atoms. The van der Waals surface area contributed by atoms with Gasteiger partial charge in [-0.3, -0.25) is 0 Å². The molecule has 3 aromatic rings. The number of benzene rings is 2. The van der Waals surface area contributed by atoms with Crippen LogP contribution in [0.4, 0.5) is 5.69 Å². The molecule has 23 heavy (non-hydrogen) atoms. The minimum Gasteiger partial charge on any atom is -0.373 e. The van der Waals surface area contributed by atoms with Crippen LogP contribution in [0, 0.1) is 6.92 Å². The van der Waals surface area contributed by atoms with Gasteiger partial charge in [-0.05, 0) is 60.5 Å². The molecule has 0 amide bonds. The Morgan fingerprint density at radius 3 is 2.57 bits per heavy atom. The fourth-order valence-corrected chi connectivity index (χ4v) is 2.61. The Bertz CT molecular complexity index is 781. The minimum atomic E-state index is -0.366. The van der Waals surface area contributed by atoms with E-state index in [9.17, 15) is 0 Å². The Labute approximate surface area is 136 Å². The number of aryl methyl sites for hydroxylation is 1. The summed E-state index contributed by atoms with van der Waals surface area (Å²) in [7, 11) is 0. The van der Waals surface area contributed by atoms with E-state index >= 15 is 0 Å². The molecule has 5 nitrogen and oxygen atoms in total. The quantitative estimate of drug-likeness (QED) is 0.780. The smallest absolute Gasteiger partial charge is 0.181 e. The zero-order chi connectivity index (χ0) is 16.3. The van der Waals surface area contributed by atoms with Crippen molar-refractivity contribution in [2.75, 3.05) is 5.32 Å².